The van der Waals surface area contributed by atoms with Crippen LogP contribution in [0.4, 0.5) is 0 Å². The van der Waals surface area contributed by atoms with E-state index in [1.807, 2.05) is 13.8 Å². The molecule has 0 spiro atoms. The van der Waals surface area contributed by atoms with Crippen LogP contribution in [0.25, 0.3) is 0 Å². The number of hydrogen-bond donors (Lipinski definition) is 2. The number of nitrogens with two attached hydrogens (primary N) is 2. The van der Waals surface area contributed by atoms with Gasteiger partial charge in [0.05, 0.1) is 17.6 Å². The maximum atomic E-state index is 12.6. The van der Waals surface area contributed by atoms with Crippen molar-refractivity contribution < 1.29 is 17.9 Å². The second-order valence-corrected chi connectivity index (χ2v) is 7.39. The molecule has 24 heavy (non-hydrogen) atoms. The van der Waals surface area contributed by atoms with Crippen LogP contribution in [0.2, 0.25) is 0 Å². The summed E-state index contributed by atoms with van der Waals surface area (Å²) in [4.78, 5) is 13.9. The highest BCUT2D eigenvalue weighted by molar-refractivity contribution is 7.89. The number of sulfonamides is 1. The lowest BCUT2D eigenvalue weighted by atomic mass is 10.0. The van der Waals surface area contributed by atoms with Gasteiger partial charge in [0.1, 0.15) is 5.75 Å². The van der Waals surface area contributed by atoms with Crippen LogP contribution in [0.15, 0.2) is 23.1 Å². The Balaban J connectivity index is 0.00000529. The Bertz CT molecular complexity index is 665. The molecule has 0 saturated carbocycles. The molecule has 0 saturated heterocycles. The largest absolute Gasteiger partial charge is 0.496 e. The van der Waals surface area contributed by atoms with Crippen molar-refractivity contribution in [1.82, 2.24) is 4.90 Å². The maximum absolute atomic E-state index is 12.6. The van der Waals surface area contributed by atoms with Crippen LogP contribution in [0.5, 0.6) is 5.75 Å². The van der Waals surface area contributed by atoms with Crippen LogP contribution in [-0.4, -0.2) is 46.0 Å². The van der Waals surface area contributed by atoms with Crippen LogP contribution in [0, 0.1) is 5.92 Å². The average Bonchev–Trinajstić information content (AvgIpc) is 2.49. The minimum Gasteiger partial charge on any atom is -0.496 e. The first-order chi connectivity index (χ1) is 10.6. The standard InChI is InChI=1S/C15H25N3O4S.ClH/c1-10(2)13(16)7-8-18(3)15(19)12-9-11(23(17,20)21)5-6-14(12)22-4;/h5-6,9-10,13H,7-8,16H2,1-4H3,(H2,17,20,21);1H. The quantitative estimate of drug-likeness (QED) is 0.738. The van der Waals surface area contributed by atoms with Gasteiger partial charge in [-0.05, 0) is 30.5 Å². The maximum Gasteiger partial charge on any atom is 0.257 e. The number of primary sulfonamides is 1. The Morgan fingerprint density at radius 3 is 2.38 bits per heavy atom. The fraction of sp³-hybridized carbons (Fsp3) is 0.533. The Kier molecular flexibility index (Phi) is 8.70. The fourth-order valence-corrected chi connectivity index (χ4v) is 2.55. The Hall–Kier alpha value is -1.35. The van der Waals surface area contributed by atoms with Gasteiger partial charge in [-0.1, -0.05) is 13.8 Å². The van der Waals surface area contributed by atoms with E-state index in [1.54, 1.807) is 7.05 Å². The number of carbonyl (C=O) groups excluding carboxylic acids is 1. The van der Waals surface area contributed by atoms with Gasteiger partial charge in [0.25, 0.3) is 5.91 Å². The molecule has 1 rings (SSSR count). The molecule has 1 amide bonds. The molecule has 1 atom stereocenters. The molecule has 0 aliphatic carbocycles. The van der Waals surface area contributed by atoms with Crippen molar-refractivity contribution in [3.05, 3.63) is 23.8 Å². The molecule has 0 radical (unpaired) electrons. The minimum atomic E-state index is -3.89. The summed E-state index contributed by atoms with van der Waals surface area (Å²) in [5.41, 5.74) is 6.13. The molecule has 0 aliphatic rings. The van der Waals surface area contributed by atoms with Crippen LogP contribution in [-0.2, 0) is 10.0 Å². The van der Waals surface area contributed by atoms with E-state index in [-0.39, 0.29) is 34.8 Å². The van der Waals surface area contributed by atoms with E-state index in [4.69, 9.17) is 15.6 Å². The second kappa shape index (κ2) is 9.22. The predicted octanol–water partition coefficient (Wildman–Crippen LogP) is 1.21. The van der Waals surface area contributed by atoms with Crippen LogP contribution >= 0.6 is 12.4 Å². The number of nitrogens with zero attached hydrogens (tertiary/aromatic N) is 1. The number of benzene rings is 1. The van der Waals surface area contributed by atoms with Crippen molar-refractivity contribution >= 4 is 28.3 Å². The van der Waals surface area contributed by atoms with Gasteiger partial charge in [-0.2, -0.15) is 0 Å². The highest BCUT2D eigenvalue weighted by Crippen LogP contribution is 2.23. The van der Waals surface area contributed by atoms with E-state index in [0.717, 1.165) is 0 Å². The third-order valence-corrected chi connectivity index (χ3v) is 4.64. The Morgan fingerprint density at radius 2 is 1.92 bits per heavy atom. The lowest BCUT2D eigenvalue weighted by Gasteiger charge is -2.22. The summed E-state index contributed by atoms with van der Waals surface area (Å²) in [6, 6.07) is 3.94. The number of halogens is 1. The summed E-state index contributed by atoms with van der Waals surface area (Å²) in [6.45, 7) is 4.50. The minimum absolute atomic E-state index is 0. The molecule has 138 valence electrons. The molecule has 7 nitrogen and oxygen atoms in total. The molecule has 4 N–H and O–H groups in total. The summed E-state index contributed by atoms with van der Waals surface area (Å²) in [6.07, 6.45) is 0.650. The second-order valence-electron chi connectivity index (χ2n) is 5.83. The first kappa shape index (κ1) is 22.6. The Labute approximate surface area is 149 Å². The van der Waals surface area contributed by atoms with Crippen LogP contribution < -0.4 is 15.6 Å². The van der Waals surface area contributed by atoms with Gasteiger partial charge >= 0.3 is 0 Å². The van der Waals surface area contributed by atoms with E-state index in [2.05, 4.69) is 0 Å². The van der Waals surface area contributed by atoms with Gasteiger partial charge in [-0.15, -0.1) is 12.4 Å². The normalized spacial score (nSPS) is 12.5. The van der Waals surface area contributed by atoms with Gasteiger partial charge in [0.2, 0.25) is 10.0 Å². The Morgan fingerprint density at radius 1 is 1.33 bits per heavy atom. The molecular weight excluding hydrogens is 354 g/mol. The average molecular weight is 380 g/mol. The van der Waals surface area contributed by atoms with Crippen LogP contribution in [0.3, 0.4) is 0 Å². The van der Waals surface area contributed by atoms with Crippen LogP contribution in [0.1, 0.15) is 30.6 Å². The van der Waals surface area contributed by atoms with E-state index < -0.39 is 10.0 Å². The van der Waals surface area contributed by atoms with Crippen molar-refractivity contribution in [3.8, 4) is 5.75 Å². The number of ether oxygens (including phenoxy) is 1. The molecule has 1 unspecified atom stereocenters. The molecule has 0 aliphatic heterocycles. The van der Waals surface area contributed by atoms with Gasteiger partial charge in [-0.3, -0.25) is 4.79 Å². The topological polar surface area (TPSA) is 116 Å². The van der Waals surface area contributed by atoms with E-state index in [9.17, 15) is 13.2 Å². The summed E-state index contributed by atoms with van der Waals surface area (Å²) < 4.78 is 28.1. The van der Waals surface area contributed by atoms with E-state index >= 15 is 0 Å². The van der Waals surface area contributed by atoms with Gasteiger partial charge in [0.15, 0.2) is 0 Å². The van der Waals surface area contributed by atoms with Crippen molar-refractivity contribution in [3.63, 3.8) is 0 Å². The molecule has 0 fully saturated rings. The number of hydrogen-bond acceptors (Lipinski definition) is 5. The SMILES string of the molecule is COc1ccc(S(N)(=O)=O)cc1C(=O)N(C)CCC(N)C(C)C.Cl. The van der Waals surface area contributed by atoms with Crippen molar-refractivity contribution in [2.75, 3.05) is 20.7 Å². The summed E-state index contributed by atoms with van der Waals surface area (Å²) in [5.74, 6) is 0.268. The molecule has 0 aromatic heterocycles. The van der Waals surface area contributed by atoms with E-state index in [1.165, 1.54) is 30.2 Å². The highest BCUT2D eigenvalue weighted by Gasteiger charge is 2.21. The van der Waals surface area contributed by atoms with Crippen molar-refractivity contribution in [1.29, 1.82) is 0 Å². The van der Waals surface area contributed by atoms with Crippen molar-refractivity contribution in [2.24, 2.45) is 16.8 Å². The predicted molar refractivity (Wildman–Crippen MR) is 96.0 cm³/mol. The van der Waals surface area contributed by atoms with Gasteiger partial charge in [0, 0.05) is 19.6 Å². The number of methoxy groups -OCH3 is 1. The molecule has 1 aromatic rings. The van der Waals surface area contributed by atoms with Gasteiger partial charge < -0.3 is 15.4 Å². The fourth-order valence-electron chi connectivity index (χ4n) is 2.01. The summed E-state index contributed by atoms with van der Waals surface area (Å²) >= 11 is 0. The number of rotatable bonds is 7. The zero-order chi connectivity index (χ0) is 17.8. The number of carbonyl (C=O) groups is 1. The monoisotopic (exact) mass is 379 g/mol. The smallest absolute Gasteiger partial charge is 0.257 e. The molecule has 9 heteroatoms. The third kappa shape index (κ3) is 5.94. The molecule has 0 bridgehead atoms. The highest BCUT2D eigenvalue weighted by atomic mass is 35.5. The lowest BCUT2D eigenvalue weighted by Crippen LogP contribution is -2.34. The van der Waals surface area contributed by atoms with Gasteiger partial charge in [-0.25, -0.2) is 13.6 Å². The zero-order valence-electron chi connectivity index (χ0n) is 14.4. The zero-order valence-corrected chi connectivity index (χ0v) is 16.0. The summed E-state index contributed by atoms with van der Waals surface area (Å²) in [5, 5.41) is 5.12. The third-order valence-electron chi connectivity index (χ3n) is 3.73. The van der Waals surface area contributed by atoms with Crippen molar-refractivity contribution in [2.45, 2.75) is 31.2 Å². The first-order valence-electron chi connectivity index (χ1n) is 7.29. The lowest BCUT2D eigenvalue weighted by molar-refractivity contribution is 0.0785. The molecule has 1 aromatic carbocycles. The first-order valence-corrected chi connectivity index (χ1v) is 8.84. The molecular formula is C15H26ClN3O4S. The van der Waals surface area contributed by atoms with E-state index in [0.29, 0.717) is 24.6 Å². The molecule has 0 heterocycles. The summed E-state index contributed by atoms with van der Waals surface area (Å²) in [7, 11) is -0.841. The number of amides is 1.